The van der Waals surface area contributed by atoms with E-state index in [-0.39, 0.29) is 43.7 Å². The molecule has 3 aliphatic heterocycles. The van der Waals surface area contributed by atoms with Crippen LogP contribution in [0.5, 0.6) is 0 Å². The molecule has 4 aromatic rings. The molecule has 3 amide bonds. The number of cyclic esters (lactones) is 1. The number of hydrogen-bond donors (Lipinski definition) is 2. The smallest absolute Gasteiger partial charge is 0.324 e. The number of morpholine rings is 1. The van der Waals surface area contributed by atoms with Crippen molar-refractivity contribution in [1.82, 2.24) is 35.1 Å². The highest BCUT2D eigenvalue weighted by atomic mass is 16.5. The van der Waals surface area contributed by atoms with E-state index in [2.05, 4.69) is 92.3 Å². The highest BCUT2D eigenvalue weighted by Crippen LogP contribution is 2.41. The fourth-order valence-corrected chi connectivity index (χ4v) is 9.86. The third-order valence-corrected chi connectivity index (χ3v) is 13.4. The molecule has 0 unspecified atom stereocenters. The van der Waals surface area contributed by atoms with E-state index in [4.69, 9.17) is 14.2 Å². The first-order chi connectivity index (χ1) is 33.3. The van der Waals surface area contributed by atoms with Gasteiger partial charge in [-0.25, -0.2) is 15.4 Å². The lowest BCUT2D eigenvalue weighted by molar-refractivity contribution is -0.155. The molecule has 0 spiro atoms. The van der Waals surface area contributed by atoms with Crippen LogP contribution in [0.1, 0.15) is 77.0 Å². The van der Waals surface area contributed by atoms with Gasteiger partial charge in [-0.05, 0) is 84.5 Å². The molecule has 2 fully saturated rings. The summed E-state index contributed by atoms with van der Waals surface area (Å²) in [5.41, 5.74) is 10.7. The molecule has 0 aliphatic carbocycles. The number of methoxy groups -OCH3 is 1. The van der Waals surface area contributed by atoms with E-state index in [9.17, 15) is 19.2 Å². The molecule has 370 valence electrons. The van der Waals surface area contributed by atoms with Crippen molar-refractivity contribution < 1.29 is 33.4 Å². The molecule has 3 aliphatic rings. The predicted octanol–water partition coefficient (Wildman–Crippen LogP) is 5.95. The van der Waals surface area contributed by atoms with Gasteiger partial charge < -0.3 is 29.0 Å². The molecule has 16 heteroatoms. The summed E-state index contributed by atoms with van der Waals surface area (Å²) in [6.45, 7) is 16.8. The Labute approximate surface area is 406 Å². The normalized spacial score (nSPS) is 19.3. The fraction of sp³-hybridized carbons (Fsp3) is 0.547. The number of pyridine rings is 1. The molecular weight excluding hydrogens is 875 g/mol. The number of aryl methyl sites for hydroxylation is 1. The lowest BCUT2D eigenvalue weighted by Crippen LogP contribution is -2.62. The Balaban J connectivity index is 1.17. The van der Waals surface area contributed by atoms with Crippen molar-refractivity contribution in [3.05, 3.63) is 77.6 Å². The Morgan fingerprint density at radius 3 is 2.61 bits per heavy atom. The SMILES string of the molecule is CCn1c(-c2cnccc2COC)c2c3cc(ccc31)-c1cccc(c1)C[C@H](NC(=O)[C@H](C(C)C)N(C)C(=O)CCN=C=NCCCN1CCOCC1)C(=O)N1CCC[C@H](N1)C(=O)OCC(C)(C)C2. The number of fused-ring (bicyclic) bond motifs is 6. The summed E-state index contributed by atoms with van der Waals surface area (Å²) < 4.78 is 19.5. The fourth-order valence-electron chi connectivity index (χ4n) is 9.86. The van der Waals surface area contributed by atoms with Crippen LogP contribution in [0, 0.1) is 11.3 Å². The molecular formula is C53H71N9O7. The van der Waals surface area contributed by atoms with Gasteiger partial charge in [-0.15, -0.1) is 0 Å². The number of likely N-dealkylation sites (N-methyl/N-ethyl adjacent to an activating group) is 1. The number of ether oxygens (including phenoxy) is 3. The number of amides is 3. The molecule has 6 bridgehead atoms. The lowest BCUT2D eigenvalue weighted by Gasteiger charge is -2.36. The number of hydrazine groups is 1. The number of carbonyl (C=O) groups excluding carboxylic acids is 4. The first-order valence-corrected chi connectivity index (χ1v) is 24.6. The van der Waals surface area contributed by atoms with Gasteiger partial charge in [-0.1, -0.05) is 58.0 Å². The second-order valence-electron chi connectivity index (χ2n) is 19.6. The first-order valence-electron chi connectivity index (χ1n) is 24.6. The molecule has 7 rings (SSSR count). The van der Waals surface area contributed by atoms with Gasteiger partial charge >= 0.3 is 5.97 Å². The second kappa shape index (κ2) is 23.7. The zero-order valence-electron chi connectivity index (χ0n) is 41.6. The Bertz CT molecular complexity index is 2510. The second-order valence-corrected chi connectivity index (χ2v) is 19.6. The first kappa shape index (κ1) is 51.1. The molecule has 2 aromatic heterocycles. The van der Waals surface area contributed by atoms with E-state index in [1.54, 1.807) is 20.4 Å². The van der Waals surface area contributed by atoms with Crippen LogP contribution in [-0.4, -0.2) is 145 Å². The van der Waals surface area contributed by atoms with Crippen LogP contribution in [0.4, 0.5) is 0 Å². The highest BCUT2D eigenvalue weighted by Gasteiger charge is 2.37. The van der Waals surface area contributed by atoms with Crippen molar-refractivity contribution in [2.45, 2.75) is 104 Å². The van der Waals surface area contributed by atoms with Gasteiger partial charge in [0.1, 0.15) is 18.1 Å². The molecule has 5 heterocycles. The van der Waals surface area contributed by atoms with Crippen molar-refractivity contribution in [3.63, 3.8) is 0 Å². The van der Waals surface area contributed by atoms with Gasteiger partial charge in [-0.3, -0.25) is 34.1 Å². The van der Waals surface area contributed by atoms with E-state index >= 15 is 0 Å². The summed E-state index contributed by atoms with van der Waals surface area (Å²) in [7, 11) is 3.31. The third-order valence-electron chi connectivity index (χ3n) is 13.4. The van der Waals surface area contributed by atoms with Gasteiger partial charge in [0.05, 0.1) is 51.2 Å². The van der Waals surface area contributed by atoms with E-state index < -0.39 is 35.4 Å². The van der Waals surface area contributed by atoms with E-state index in [0.717, 1.165) is 89.2 Å². The van der Waals surface area contributed by atoms with Gasteiger partial charge in [0, 0.05) is 94.0 Å². The zero-order chi connectivity index (χ0) is 49.1. The summed E-state index contributed by atoms with van der Waals surface area (Å²) in [5.74, 6) is -1.81. The maximum Gasteiger partial charge on any atom is 0.324 e. The van der Waals surface area contributed by atoms with Gasteiger partial charge in [-0.2, -0.15) is 0 Å². The number of nitrogens with zero attached hydrogens (tertiary/aromatic N) is 7. The molecule has 69 heavy (non-hydrogen) atoms. The quantitative estimate of drug-likeness (QED) is 0.0824. The van der Waals surface area contributed by atoms with Gasteiger partial charge in [0.15, 0.2) is 0 Å². The number of aliphatic imine (C=N–C) groups is 2. The summed E-state index contributed by atoms with van der Waals surface area (Å²) in [6, 6.07) is 16.6. The van der Waals surface area contributed by atoms with Crippen molar-refractivity contribution in [3.8, 4) is 22.4 Å². The monoisotopic (exact) mass is 946 g/mol. The minimum atomic E-state index is -1.03. The Morgan fingerprint density at radius 2 is 1.84 bits per heavy atom. The average Bonchev–Trinajstić information content (AvgIpc) is 3.65. The number of carbonyl (C=O) groups is 4. The lowest BCUT2D eigenvalue weighted by atomic mass is 9.84. The Morgan fingerprint density at radius 1 is 1.06 bits per heavy atom. The van der Waals surface area contributed by atoms with Crippen LogP contribution >= 0.6 is 0 Å². The summed E-state index contributed by atoms with van der Waals surface area (Å²) in [6.07, 6.45) is 6.46. The van der Waals surface area contributed by atoms with Crippen molar-refractivity contribution in [2.75, 3.05) is 73.2 Å². The number of aromatic nitrogens is 2. The van der Waals surface area contributed by atoms with Crippen LogP contribution < -0.4 is 10.7 Å². The van der Waals surface area contributed by atoms with E-state index in [1.807, 2.05) is 38.2 Å². The number of nitrogens with one attached hydrogen (secondary N) is 2. The number of esters is 1. The topological polar surface area (TPSA) is 172 Å². The summed E-state index contributed by atoms with van der Waals surface area (Å²) in [5, 5.41) is 5.60. The minimum absolute atomic E-state index is 0.0703. The Hall–Kier alpha value is -5.77. The molecule has 3 atom stereocenters. The van der Waals surface area contributed by atoms with Gasteiger partial charge in [0.25, 0.3) is 5.91 Å². The zero-order valence-corrected chi connectivity index (χ0v) is 41.6. The Kier molecular flexibility index (Phi) is 17.5. The molecule has 2 N–H and O–H groups in total. The molecule has 2 aromatic carbocycles. The van der Waals surface area contributed by atoms with Gasteiger partial charge in [0.2, 0.25) is 11.8 Å². The molecule has 0 radical (unpaired) electrons. The largest absolute Gasteiger partial charge is 0.464 e. The molecule has 16 nitrogen and oxygen atoms in total. The van der Waals surface area contributed by atoms with Crippen LogP contribution in [0.3, 0.4) is 0 Å². The summed E-state index contributed by atoms with van der Waals surface area (Å²) in [4.78, 5) is 73.5. The van der Waals surface area contributed by atoms with Crippen molar-refractivity contribution in [1.29, 1.82) is 0 Å². The van der Waals surface area contributed by atoms with E-state index in [0.29, 0.717) is 45.5 Å². The standard InChI is InChI=1S/C53H71N9O7/c1-8-61-46-16-15-39-30-41(46)42(49(61)43-32-54-20-17-40(43)33-67-7)31-53(4,5)34-69-52(66)44-14-10-23-62(58-44)51(65)45(29-37-12-9-13-38(39)28-37)57-50(64)48(36(2)3)59(6)47(63)18-21-56-35-55-19-11-22-60-24-26-68-27-25-60/h9,12-13,15-17,20,28,30,32,36,44-45,48,58H,8,10-11,14,18-19,21-27,29,31,33-34H2,1-7H3,(H,57,64)/t44-,45-,48-/m0/s1. The van der Waals surface area contributed by atoms with Crippen LogP contribution in [-0.2, 0) is 59.4 Å². The van der Waals surface area contributed by atoms with Crippen LogP contribution in [0.15, 0.2) is 70.9 Å². The number of rotatable bonds is 15. The average molecular weight is 946 g/mol. The molecule has 2 saturated heterocycles. The minimum Gasteiger partial charge on any atom is -0.464 e. The highest BCUT2D eigenvalue weighted by molar-refractivity contribution is 5.96. The third kappa shape index (κ3) is 12.7. The maximum atomic E-state index is 14.7. The molecule has 0 saturated carbocycles. The maximum absolute atomic E-state index is 14.7. The van der Waals surface area contributed by atoms with Crippen molar-refractivity contribution in [2.24, 2.45) is 21.3 Å². The summed E-state index contributed by atoms with van der Waals surface area (Å²) >= 11 is 0. The number of hydrogen-bond acceptors (Lipinski definition) is 12. The predicted molar refractivity (Wildman–Crippen MR) is 266 cm³/mol. The van der Waals surface area contributed by atoms with Crippen LogP contribution in [0.2, 0.25) is 0 Å². The van der Waals surface area contributed by atoms with Crippen LogP contribution in [0.25, 0.3) is 33.3 Å². The number of benzene rings is 2. The van der Waals surface area contributed by atoms with Crippen molar-refractivity contribution >= 4 is 40.6 Å². The van der Waals surface area contributed by atoms with E-state index in [1.165, 1.54) is 9.91 Å².